The summed E-state index contributed by atoms with van der Waals surface area (Å²) in [4.78, 5) is 12.4. The number of carbonyl (C=O) groups is 1. The number of benzene rings is 1. The molecule has 0 spiro atoms. The van der Waals surface area contributed by atoms with Crippen LogP contribution in [0.4, 0.5) is 13.2 Å². The average molecular weight is 440 g/mol. The number of amides is 1. The van der Waals surface area contributed by atoms with E-state index < -0.39 is 23.4 Å². The van der Waals surface area contributed by atoms with Crippen LogP contribution in [0.3, 0.4) is 0 Å². The van der Waals surface area contributed by atoms with Crippen LogP contribution in [0.5, 0.6) is 0 Å². The molecule has 162 valence electrons. The minimum Gasteiger partial charge on any atom is -0.379 e. The first-order valence-corrected chi connectivity index (χ1v) is 10.6. The summed E-state index contributed by atoms with van der Waals surface area (Å²) in [6.07, 6.45) is 2.92. The fourth-order valence-electron chi connectivity index (χ4n) is 4.50. The van der Waals surface area contributed by atoms with Gasteiger partial charge in [-0.05, 0) is 50.0 Å². The van der Waals surface area contributed by atoms with E-state index in [-0.39, 0.29) is 30.5 Å². The summed E-state index contributed by atoms with van der Waals surface area (Å²) in [5, 5.41) is 2.99. The van der Waals surface area contributed by atoms with Crippen molar-refractivity contribution in [3.8, 4) is 0 Å². The zero-order valence-corrected chi connectivity index (χ0v) is 17.5. The Morgan fingerprint density at radius 2 is 2.07 bits per heavy atom. The Morgan fingerprint density at radius 1 is 1.30 bits per heavy atom. The molecule has 2 unspecified atom stereocenters. The summed E-state index contributed by atoms with van der Waals surface area (Å²) in [5.74, 6) is -3.55. The molecular weight excluding hydrogens is 415 g/mol. The maximum absolute atomic E-state index is 14.3. The maximum atomic E-state index is 14.3. The van der Waals surface area contributed by atoms with E-state index in [0.29, 0.717) is 24.2 Å². The van der Waals surface area contributed by atoms with Crippen molar-refractivity contribution in [3.05, 3.63) is 51.3 Å². The first-order valence-electron chi connectivity index (χ1n) is 10.1. The first-order chi connectivity index (χ1) is 14.4. The van der Waals surface area contributed by atoms with Crippen molar-refractivity contribution in [2.75, 3.05) is 13.2 Å². The van der Waals surface area contributed by atoms with Crippen LogP contribution < -0.4 is 5.32 Å². The highest BCUT2D eigenvalue weighted by Gasteiger charge is 2.32. The highest BCUT2D eigenvalue weighted by molar-refractivity contribution is 7.71. The molecule has 1 amide bonds. The van der Waals surface area contributed by atoms with Gasteiger partial charge in [0.1, 0.15) is 5.82 Å². The molecule has 1 saturated heterocycles. The highest BCUT2D eigenvalue weighted by Crippen LogP contribution is 2.36. The fraction of sp³-hybridized carbons (Fsp3) is 0.524. The van der Waals surface area contributed by atoms with E-state index >= 15 is 0 Å². The molecule has 0 aliphatic carbocycles. The van der Waals surface area contributed by atoms with Gasteiger partial charge in [-0.3, -0.25) is 4.79 Å². The van der Waals surface area contributed by atoms with Crippen molar-refractivity contribution >= 4 is 18.1 Å². The summed E-state index contributed by atoms with van der Waals surface area (Å²) in [7, 11) is 1.83. The smallest absolute Gasteiger partial charge is 0.220 e. The number of hydrogen-bond acceptors (Lipinski definition) is 3. The van der Waals surface area contributed by atoms with Gasteiger partial charge in [-0.15, -0.1) is 0 Å². The second-order valence-corrected chi connectivity index (χ2v) is 8.35. The Labute approximate surface area is 177 Å². The molecule has 0 radical (unpaired) electrons. The van der Waals surface area contributed by atoms with Gasteiger partial charge in [0.2, 0.25) is 5.91 Å². The van der Waals surface area contributed by atoms with Crippen LogP contribution in [0.2, 0.25) is 0 Å². The zero-order chi connectivity index (χ0) is 21.4. The molecule has 30 heavy (non-hydrogen) atoms. The van der Waals surface area contributed by atoms with E-state index in [2.05, 4.69) is 5.32 Å². The number of ether oxygens (including phenoxy) is 1. The summed E-state index contributed by atoms with van der Waals surface area (Å²) < 4.78 is 51.8. The molecule has 1 fully saturated rings. The number of hydrogen-bond donors (Lipinski definition) is 1. The molecule has 0 saturated carbocycles. The number of imidazole rings is 1. The second kappa shape index (κ2) is 8.55. The third-order valence-corrected chi connectivity index (χ3v) is 6.52. The van der Waals surface area contributed by atoms with Crippen molar-refractivity contribution in [3.63, 3.8) is 0 Å². The number of nitrogens with zero attached hydrogens (tertiary/aromatic N) is 2. The van der Waals surface area contributed by atoms with Crippen LogP contribution in [0.1, 0.15) is 42.1 Å². The Hall–Kier alpha value is -2.13. The molecule has 2 aromatic rings. The molecule has 1 N–H and O–H groups in total. The van der Waals surface area contributed by atoms with Crippen LogP contribution in [0.15, 0.2) is 12.1 Å². The van der Waals surface area contributed by atoms with E-state index in [1.54, 1.807) is 0 Å². The lowest BCUT2D eigenvalue weighted by atomic mass is 9.94. The fourth-order valence-corrected chi connectivity index (χ4v) is 4.80. The predicted octanol–water partition coefficient (Wildman–Crippen LogP) is 3.54. The molecule has 3 heterocycles. The molecule has 4 rings (SSSR count). The van der Waals surface area contributed by atoms with Gasteiger partial charge in [0.05, 0.1) is 12.6 Å². The van der Waals surface area contributed by atoms with Gasteiger partial charge in [0.15, 0.2) is 16.4 Å². The number of halogens is 3. The second-order valence-electron chi connectivity index (χ2n) is 7.99. The Morgan fingerprint density at radius 3 is 2.80 bits per heavy atom. The van der Waals surface area contributed by atoms with E-state index in [1.165, 1.54) is 0 Å². The molecule has 1 aromatic heterocycles. The summed E-state index contributed by atoms with van der Waals surface area (Å²) in [6, 6.07) is 1.79. The average Bonchev–Trinajstić information content (AvgIpc) is 3.24. The van der Waals surface area contributed by atoms with Crippen molar-refractivity contribution in [1.29, 1.82) is 0 Å². The molecule has 2 atom stereocenters. The molecule has 1 aromatic carbocycles. The van der Waals surface area contributed by atoms with Gasteiger partial charge in [-0.25, -0.2) is 13.2 Å². The first kappa shape index (κ1) is 21.1. The summed E-state index contributed by atoms with van der Waals surface area (Å²) in [6.45, 7) is 1.54. The molecule has 9 heteroatoms. The lowest BCUT2D eigenvalue weighted by Gasteiger charge is -2.23. The van der Waals surface area contributed by atoms with Gasteiger partial charge in [0.25, 0.3) is 0 Å². The van der Waals surface area contributed by atoms with Crippen molar-refractivity contribution in [1.82, 2.24) is 14.5 Å². The third kappa shape index (κ3) is 3.92. The Balaban J connectivity index is 1.49. The molecule has 2 aliphatic heterocycles. The minimum atomic E-state index is -1.14. The van der Waals surface area contributed by atoms with Gasteiger partial charge in [-0.2, -0.15) is 0 Å². The van der Waals surface area contributed by atoms with Crippen LogP contribution in [0, 0.1) is 22.2 Å². The van der Waals surface area contributed by atoms with Crippen LogP contribution in [-0.2, 0) is 36.0 Å². The van der Waals surface area contributed by atoms with Crippen molar-refractivity contribution < 1.29 is 22.7 Å². The lowest BCUT2D eigenvalue weighted by molar-refractivity contribution is -0.122. The van der Waals surface area contributed by atoms with Crippen molar-refractivity contribution in [2.24, 2.45) is 7.05 Å². The number of rotatable bonds is 5. The quantitative estimate of drug-likeness (QED) is 0.573. The molecule has 5 nitrogen and oxygen atoms in total. The molecule has 2 aliphatic rings. The van der Waals surface area contributed by atoms with Crippen LogP contribution in [-0.4, -0.2) is 34.3 Å². The van der Waals surface area contributed by atoms with E-state index in [1.807, 2.05) is 16.2 Å². The van der Waals surface area contributed by atoms with Crippen LogP contribution in [0.25, 0.3) is 0 Å². The number of aromatic nitrogens is 2. The standard InChI is InChI=1S/C21H24F3N3O2S/c1-26-16(6-7-18(28)25-13-3-2-8-29-11-13)17-9-12(10-27(17)21(26)30)19-14(22)4-5-15(23)20(19)24/h4-5,12-13H,2-3,6-11H2,1H3,(H,25,28). The minimum absolute atomic E-state index is 0.0394. The highest BCUT2D eigenvalue weighted by atomic mass is 32.1. The van der Waals surface area contributed by atoms with Crippen molar-refractivity contribution in [2.45, 2.75) is 50.6 Å². The number of nitrogens with one attached hydrogen (secondary N) is 1. The Bertz CT molecular complexity index is 1030. The summed E-state index contributed by atoms with van der Waals surface area (Å²) in [5.41, 5.74) is 1.48. The number of carbonyl (C=O) groups excluding carboxylic acids is 1. The third-order valence-electron chi connectivity index (χ3n) is 6.03. The molecule has 0 bridgehead atoms. The summed E-state index contributed by atoms with van der Waals surface area (Å²) >= 11 is 5.49. The monoisotopic (exact) mass is 439 g/mol. The maximum Gasteiger partial charge on any atom is 0.220 e. The van der Waals surface area contributed by atoms with Gasteiger partial charge < -0.3 is 19.2 Å². The van der Waals surface area contributed by atoms with Gasteiger partial charge in [0, 0.05) is 49.5 Å². The van der Waals surface area contributed by atoms with Crippen LogP contribution >= 0.6 is 12.2 Å². The topological polar surface area (TPSA) is 48.2 Å². The van der Waals surface area contributed by atoms with Gasteiger partial charge >= 0.3 is 0 Å². The molecular formula is C21H24F3N3O2S. The number of fused-ring (bicyclic) bond motifs is 1. The Kier molecular flexibility index (Phi) is 6.02. The van der Waals surface area contributed by atoms with E-state index in [4.69, 9.17) is 17.0 Å². The predicted molar refractivity (Wildman–Crippen MR) is 107 cm³/mol. The van der Waals surface area contributed by atoms with E-state index in [9.17, 15) is 18.0 Å². The zero-order valence-electron chi connectivity index (χ0n) is 16.7. The normalized spacial score (nSPS) is 20.9. The SMILES string of the molecule is Cn1c(CCC(=O)NC2CCCOC2)c2n(c1=S)CC(c1c(F)ccc(F)c1F)C2. The van der Waals surface area contributed by atoms with E-state index in [0.717, 1.165) is 43.0 Å². The van der Waals surface area contributed by atoms with Gasteiger partial charge in [-0.1, -0.05) is 0 Å². The lowest BCUT2D eigenvalue weighted by Crippen LogP contribution is -2.40. The largest absolute Gasteiger partial charge is 0.379 e.